The molecule has 0 atom stereocenters. The van der Waals surface area contributed by atoms with E-state index < -0.39 is 0 Å². The van der Waals surface area contributed by atoms with Crippen LogP contribution in [0.25, 0.3) is 65.4 Å². The fourth-order valence-corrected chi connectivity index (χ4v) is 6.70. The molecule has 8 aromatic carbocycles. The quantitative estimate of drug-likeness (QED) is 0.199. The minimum atomic E-state index is 0.897. The molecule has 2 nitrogen and oxygen atoms in total. The predicted molar refractivity (Wildman–Crippen MR) is 186 cm³/mol. The van der Waals surface area contributed by atoms with E-state index in [0.29, 0.717) is 0 Å². The van der Waals surface area contributed by atoms with Gasteiger partial charge < -0.3 is 9.32 Å². The van der Waals surface area contributed by atoms with Crippen molar-refractivity contribution in [3.05, 3.63) is 164 Å². The van der Waals surface area contributed by atoms with Crippen molar-refractivity contribution in [2.75, 3.05) is 4.90 Å². The summed E-state index contributed by atoms with van der Waals surface area (Å²) in [7, 11) is 0. The molecule has 44 heavy (non-hydrogen) atoms. The molecule has 0 bridgehead atoms. The van der Waals surface area contributed by atoms with Gasteiger partial charge in [0.1, 0.15) is 11.2 Å². The molecule has 0 aliphatic carbocycles. The first-order valence-electron chi connectivity index (χ1n) is 15.0. The Kier molecular flexibility index (Phi) is 5.54. The van der Waals surface area contributed by atoms with Gasteiger partial charge in [-0.25, -0.2) is 0 Å². The van der Waals surface area contributed by atoms with Gasteiger partial charge in [0, 0.05) is 27.5 Å². The van der Waals surface area contributed by atoms with Crippen LogP contribution in [-0.2, 0) is 0 Å². The van der Waals surface area contributed by atoms with E-state index in [1.165, 1.54) is 38.1 Å². The second-order valence-corrected chi connectivity index (χ2v) is 11.4. The zero-order valence-electron chi connectivity index (χ0n) is 23.9. The van der Waals surface area contributed by atoms with Gasteiger partial charge in [-0.2, -0.15) is 0 Å². The highest BCUT2D eigenvalue weighted by molar-refractivity contribution is 6.13. The Morgan fingerprint density at radius 1 is 0.341 bits per heavy atom. The highest BCUT2D eigenvalue weighted by atomic mass is 16.3. The topological polar surface area (TPSA) is 16.4 Å². The van der Waals surface area contributed by atoms with E-state index in [0.717, 1.165) is 44.4 Å². The van der Waals surface area contributed by atoms with Crippen molar-refractivity contribution in [3.63, 3.8) is 0 Å². The van der Waals surface area contributed by atoms with Crippen molar-refractivity contribution in [2.24, 2.45) is 0 Å². The average Bonchev–Trinajstić information content (AvgIpc) is 3.45. The molecule has 1 aromatic heterocycles. The number of furan rings is 1. The molecular formula is C42H27NO. The van der Waals surface area contributed by atoms with E-state index in [1.807, 2.05) is 12.1 Å². The molecule has 0 aliphatic heterocycles. The molecule has 0 radical (unpaired) electrons. The van der Waals surface area contributed by atoms with Gasteiger partial charge in [-0.05, 0) is 86.6 Å². The summed E-state index contributed by atoms with van der Waals surface area (Å²) < 4.78 is 6.36. The first kappa shape index (κ1) is 24.7. The minimum absolute atomic E-state index is 0.897. The highest BCUT2D eigenvalue weighted by Crippen LogP contribution is 2.43. The van der Waals surface area contributed by atoms with Crippen LogP contribution in [0.5, 0.6) is 0 Å². The lowest BCUT2D eigenvalue weighted by Gasteiger charge is -2.28. The molecular weight excluding hydrogens is 534 g/mol. The molecule has 9 aromatic rings. The highest BCUT2D eigenvalue weighted by Gasteiger charge is 2.18. The molecule has 0 N–H and O–H groups in total. The zero-order chi connectivity index (χ0) is 29.0. The Hall–Kier alpha value is -5.86. The van der Waals surface area contributed by atoms with Crippen LogP contribution in [0.4, 0.5) is 17.1 Å². The smallest absolute Gasteiger partial charge is 0.136 e. The van der Waals surface area contributed by atoms with Gasteiger partial charge in [-0.3, -0.25) is 0 Å². The van der Waals surface area contributed by atoms with Crippen molar-refractivity contribution in [3.8, 4) is 11.1 Å². The van der Waals surface area contributed by atoms with Crippen LogP contribution >= 0.6 is 0 Å². The monoisotopic (exact) mass is 561 g/mol. The number of rotatable bonds is 4. The van der Waals surface area contributed by atoms with Gasteiger partial charge in [0.05, 0.1) is 5.69 Å². The number of hydrogen-bond acceptors (Lipinski definition) is 2. The van der Waals surface area contributed by atoms with Gasteiger partial charge in [0.25, 0.3) is 0 Å². The summed E-state index contributed by atoms with van der Waals surface area (Å²) in [5.74, 6) is 0. The van der Waals surface area contributed by atoms with Crippen molar-refractivity contribution in [1.82, 2.24) is 0 Å². The Labute approximate surface area is 255 Å². The zero-order valence-corrected chi connectivity index (χ0v) is 23.9. The van der Waals surface area contributed by atoms with Crippen molar-refractivity contribution >= 4 is 71.3 Å². The first-order chi connectivity index (χ1) is 21.8. The molecule has 9 rings (SSSR count). The third-order valence-electron chi connectivity index (χ3n) is 8.79. The maximum atomic E-state index is 6.36. The molecule has 0 saturated heterocycles. The first-order valence-corrected chi connectivity index (χ1v) is 15.0. The van der Waals surface area contributed by atoms with Crippen LogP contribution in [-0.4, -0.2) is 0 Å². The summed E-state index contributed by atoms with van der Waals surface area (Å²) in [5, 5.41) is 9.59. The van der Waals surface area contributed by atoms with Crippen LogP contribution in [0, 0.1) is 0 Å². The van der Waals surface area contributed by atoms with Gasteiger partial charge >= 0.3 is 0 Å². The maximum absolute atomic E-state index is 6.36. The molecule has 2 heteroatoms. The van der Waals surface area contributed by atoms with E-state index in [-0.39, 0.29) is 0 Å². The number of para-hydroxylation sites is 1. The van der Waals surface area contributed by atoms with E-state index in [4.69, 9.17) is 4.42 Å². The van der Waals surface area contributed by atoms with Gasteiger partial charge in [0.2, 0.25) is 0 Å². The Balaban J connectivity index is 1.30. The Bertz CT molecular complexity index is 2510. The summed E-state index contributed by atoms with van der Waals surface area (Å²) >= 11 is 0. The van der Waals surface area contributed by atoms with Crippen molar-refractivity contribution < 1.29 is 4.42 Å². The number of anilines is 3. The summed E-state index contributed by atoms with van der Waals surface area (Å²) in [6, 6.07) is 58.7. The van der Waals surface area contributed by atoms with Crippen molar-refractivity contribution in [2.45, 2.75) is 0 Å². The third kappa shape index (κ3) is 3.96. The Morgan fingerprint density at radius 3 is 1.95 bits per heavy atom. The van der Waals surface area contributed by atoms with Crippen LogP contribution < -0.4 is 4.90 Å². The van der Waals surface area contributed by atoms with Gasteiger partial charge in [0.15, 0.2) is 0 Å². The lowest BCUT2D eigenvalue weighted by molar-refractivity contribution is 0.669. The standard InChI is InChI=1S/C42H27NO/c1-2-10-28(11-3-1)30-13-8-15-33(24-30)43(34-22-23-36-32(25-34)21-20-29-12-4-5-16-35(29)36)40-18-9-14-31-26-39-37-17-6-7-19-41(37)44-42(39)27-38(31)40/h1-27H. The summed E-state index contributed by atoms with van der Waals surface area (Å²) in [4.78, 5) is 2.39. The van der Waals surface area contributed by atoms with E-state index in [2.05, 4.69) is 157 Å². The fraction of sp³-hybridized carbons (Fsp3) is 0. The second kappa shape index (κ2) is 9.86. The van der Waals surface area contributed by atoms with Crippen molar-refractivity contribution in [1.29, 1.82) is 0 Å². The number of nitrogens with zero attached hydrogens (tertiary/aromatic N) is 1. The maximum Gasteiger partial charge on any atom is 0.136 e. The van der Waals surface area contributed by atoms with Crippen LogP contribution in [0.2, 0.25) is 0 Å². The number of hydrogen-bond donors (Lipinski definition) is 0. The minimum Gasteiger partial charge on any atom is -0.456 e. The Morgan fingerprint density at radius 2 is 1.02 bits per heavy atom. The molecule has 0 fully saturated rings. The second-order valence-electron chi connectivity index (χ2n) is 11.4. The van der Waals surface area contributed by atoms with Gasteiger partial charge in [-0.1, -0.05) is 115 Å². The fourth-order valence-electron chi connectivity index (χ4n) is 6.70. The van der Waals surface area contributed by atoms with Crippen LogP contribution in [0.15, 0.2) is 168 Å². The molecule has 1 heterocycles. The lowest BCUT2D eigenvalue weighted by atomic mass is 9.99. The molecule has 0 saturated carbocycles. The molecule has 0 spiro atoms. The average molecular weight is 562 g/mol. The largest absolute Gasteiger partial charge is 0.456 e. The normalized spacial score (nSPS) is 11.6. The van der Waals surface area contributed by atoms with Gasteiger partial charge in [-0.15, -0.1) is 0 Å². The van der Waals surface area contributed by atoms with E-state index in [9.17, 15) is 0 Å². The number of fused-ring (bicyclic) bond motifs is 7. The molecule has 0 unspecified atom stereocenters. The SMILES string of the molecule is c1ccc(-c2cccc(N(c3ccc4c(ccc5ccccc54)c3)c3cccc4cc5c(cc34)oc3ccccc35)c2)cc1. The van der Waals surface area contributed by atoms with Crippen LogP contribution in [0.1, 0.15) is 0 Å². The third-order valence-corrected chi connectivity index (χ3v) is 8.79. The summed E-state index contributed by atoms with van der Waals surface area (Å²) in [6.45, 7) is 0. The summed E-state index contributed by atoms with van der Waals surface area (Å²) in [5.41, 5.74) is 7.50. The molecule has 0 aliphatic rings. The van der Waals surface area contributed by atoms with Crippen LogP contribution in [0.3, 0.4) is 0 Å². The molecule has 0 amide bonds. The lowest BCUT2D eigenvalue weighted by Crippen LogP contribution is -2.10. The molecule has 206 valence electrons. The van der Waals surface area contributed by atoms with E-state index >= 15 is 0 Å². The predicted octanol–water partition coefficient (Wildman–Crippen LogP) is 12.2. The number of benzene rings is 8. The van der Waals surface area contributed by atoms with E-state index in [1.54, 1.807) is 0 Å². The summed E-state index contributed by atoms with van der Waals surface area (Å²) in [6.07, 6.45) is 0.